The molecule has 3 rings (SSSR count). The van der Waals surface area contributed by atoms with Crippen LogP contribution in [-0.4, -0.2) is 45.5 Å². The monoisotopic (exact) mass is 307 g/mol. The maximum absolute atomic E-state index is 12.0. The number of carboxylic acids is 1. The fraction of sp³-hybridized carbons (Fsp3) is 0.667. The standard InChI is InChI=1S/C12H15NO4S.K/c1-5(14)8-9-7-4-18-3-2-6(7)10(12(16)17)13(9)11(8)15;/h5,7-9,14H,2-4H2,1H3,(H,16,17);/q;+1/p-1/t5-,7?,8-,9-;/m1./s1. The number of β-lactam (4-membered cyclic amide) rings is 1. The van der Waals surface area contributed by atoms with Crippen LogP contribution in [-0.2, 0) is 9.59 Å². The smallest absolute Gasteiger partial charge is 0.543 e. The number of carbonyl (C=O) groups is 2. The van der Waals surface area contributed by atoms with Gasteiger partial charge in [0.05, 0.1) is 29.7 Å². The van der Waals surface area contributed by atoms with E-state index in [1.165, 1.54) is 4.90 Å². The summed E-state index contributed by atoms with van der Waals surface area (Å²) in [5, 5.41) is 20.9. The Morgan fingerprint density at radius 2 is 2.26 bits per heavy atom. The van der Waals surface area contributed by atoms with Gasteiger partial charge in [-0.2, -0.15) is 11.8 Å². The van der Waals surface area contributed by atoms with Gasteiger partial charge in [-0.05, 0) is 24.7 Å². The molecule has 0 bridgehead atoms. The van der Waals surface area contributed by atoms with Crippen molar-refractivity contribution < 1.29 is 71.2 Å². The molecule has 0 aliphatic carbocycles. The Morgan fingerprint density at radius 3 is 2.84 bits per heavy atom. The van der Waals surface area contributed by atoms with Crippen molar-refractivity contribution in [2.45, 2.75) is 25.5 Å². The van der Waals surface area contributed by atoms with Gasteiger partial charge in [0.1, 0.15) is 0 Å². The first-order valence-corrected chi connectivity index (χ1v) is 7.22. The van der Waals surface area contributed by atoms with Crippen LogP contribution in [0.25, 0.3) is 0 Å². The van der Waals surface area contributed by atoms with Gasteiger partial charge in [-0.3, -0.25) is 4.79 Å². The average molecular weight is 307 g/mol. The topological polar surface area (TPSA) is 80.7 Å². The van der Waals surface area contributed by atoms with Crippen molar-refractivity contribution in [3.63, 3.8) is 0 Å². The molecule has 3 heterocycles. The number of rotatable bonds is 2. The van der Waals surface area contributed by atoms with Crippen molar-refractivity contribution >= 4 is 23.6 Å². The zero-order valence-electron chi connectivity index (χ0n) is 11.0. The predicted octanol–water partition coefficient (Wildman–Crippen LogP) is -4.03. The van der Waals surface area contributed by atoms with Gasteiger partial charge in [-0.15, -0.1) is 0 Å². The van der Waals surface area contributed by atoms with E-state index in [2.05, 4.69) is 0 Å². The number of thioether (sulfide) groups is 1. The fourth-order valence-corrected chi connectivity index (χ4v) is 4.56. The number of amides is 1. The number of aliphatic hydroxyl groups excluding tert-OH is 1. The summed E-state index contributed by atoms with van der Waals surface area (Å²) in [5.74, 6) is -0.210. The van der Waals surface area contributed by atoms with Crippen molar-refractivity contribution in [3.8, 4) is 0 Å². The quantitative estimate of drug-likeness (QED) is 0.415. The molecular weight excluding hydrogens is 293 g/mol. The Morgan fingerprint density at radius 1 is 1.58 bits per heavy atom. The first kappa shape index (κ1) is 16.0. The number of hydrogen-bond donors (Lipinski definition) is 1. The zero-order chi connectivity index (χ0) is 13.0. The van der Waals surface area contributed by atoms with Crippen molar-refractivity contribution in [1.29, 1.82) is 0 Å². The van der Waals surface area contributed by atoms with E-state index < -0.39 is 18.0 Å². The van der Waals surface area contributed by atoms with E-state index in [1.807, 2.05) is 0 Å². The molecule has 3 aliphatic rings. The minimum atomic E-state index is -1.26. The van der Waals surface area contributed by atoms with E-state index in [4.69, 9.17) is 0 Å². The maximum Gasteiger partial charge on any atom is 1.00 e. The predicted molar refractivity (Wildman–Crippen MR) is 63.3 cm³/mol. The molecule has 98 valence electrons. The molecule has 1 unspecified atom stereocenters. The molecule has 7 heteroatoms. The largest absolute Gasteiger partial charge is 1.00 e. The van der Waals surface area contributed by atoms with Gasteiger partial charge < -0.3 is 19.9 Å². The average Bonchev–Trinajstić information content (AvgIpc) is 2.60. The van der Waals surface area contributed by atoms with Gasteiger partial charge in [0.25, 0.3) is 0 Å². The summed E-state index contributed by atoms with van der Waals surface area (Å²) in [6, 6.07) is -0.173. The molecule has 0 aromatic heterocycles. The third kappa shape index (κ3) is 2.27. The summed E-state index contributed by atoms with van der Waals surface area (Å²) in [5.41, 5.74) is 0.919. The minimum Gasteiger partial charge on any atom is -0.543 e. The van der Waals surface area contributed by atoms with E-state index >= 15 is 0 Å². The molecule has 0 aromatic rings. The van der Waals surface area contributed by atoms with Gasteiger partial charge in [0.2, 0.25) is 5.91 Å². The summed E-state index contributed by atoms with van der Waals surface area (Å²) in [4.78, 5) is 24.6. The molecule has 1 amide bonds. The van der Waals surface area contributed by atoms with Crippen LogP contribution in [0.15, 0.2) is 11.3 Å². The summed E-state index contributed by atoms with van der Waals surface area (Å²) >= 11 is 1.77. The maximum atomic E-state index is 12.0. The van der Waals surface area contributed by atoms with E-state index in [-0.39, 0.29) is 74.9 Å². The van der Waals surface area contributed by atoms with Crippen molar-refractivity contribution in [3.05, 3.63) is 11.3 Å². The Bertz CT molecular complexity index is 465. The minimum absolute atomic E-state index is 0. The van der Waals surface area contributed by atoms with Crippen LogP contribution in [0.5, 0.6) is 0 Å². The van der Waals surface area contributed by atoms with E-state index in [0.29, 0.717) is 6.42 Å². The van der Waals surface area contributed by atoms with Crippen LogP contribution in [0.4, 0.5) is 0 Å². The number of nitrogens with zero attached hydrogens (tertiary/aromatic N) is 1. The number of carbonyl (C=O) groups excluding carboxylic acids is 2. The Labute approximate surface area is 158 Å². The zero-order valence-corrected chi connectivity index (χ0v) is 14.9. The molecule has 0 aromatic carbocycles. The third-order valence-electron chi connectivity index (χ3n) is 4.12. The molecule has 2 fully saturated rings. The van der Waals surface area contributed by atoms with E-state index in [0.717, 1.165) is 17.1 Å². The number of fused-ring (bicyclic) bond motifs is 3. The summed E-state index contributed by atoms with van der Waals surface area (Å²) in [7, 11) is 0. The summed E-state index contributed by atoms with van der Waals surface area (Å²) < 4.78 is 0. The van der Waals surface area contributed by atoms with Crippen LogP contribution in [0.1, 0.15) is 13.3 Å². The molecule has 5 nitrogen and oxygen atoms in total. The second kappa shape index (κ2) is 5.79. The summed E-state index contributed by atoms with van der Waals surface area (Å²) in [6.45, 7) is 1.59. The normalized spacial score (nSPS) is 34.1. The molecule has 1 N–H and O–H groups in total. The molecule has 19 heavy (non-hydrogen) atoms. The van der Waals surface area contributed by atoms with E-state index in [1.54, 1.807) is 18.7 Å². The SMILES string of the molecule is C[C@@H](O)[C@H]1C(=O)N2C(C(=O)[O-])=C3CCSCC3[C@H]12.[K+]. The third-order valence-corrected chi connectivity index (χ3v) is 5.21. The molecular formula is C12H14KNO4S. The Hall–Kier alpha value is 0.626. The van der Waals surface area contributed by atoms with Crippen molar-refractivity contribution in [1.82, 2.24) is 4.90 Å². The Kier molecular flexibility index (Phi) is 4.87. The van der Waals surface area contributed by atoms with Gasteiger partial charge in [0.15, 0.2) is 0 Å². The van der Waals surface area contributed by atoms with E-state index in [9.17, 15) is 19.8 Å². The van der Waals surface area contributed by atoms with Crippen molar-refractivity contribution in [2.24, 2.45) is 11.8 Å². The first-order chi connectivity index (χ1) is 8.54. The van der Waals surface area contributed by atoms with Crippen LogP contribution in [0.2, 0.25) is 0 Å². The molecule has 0 spiro atoms. The number of carboxylic acid groups (broad SMARTS) is 1. The van der Waals surface area contributed by atoms with Crippen molar-refractivity contribution in [2.75, 3.05) is 11.5 Å². The molecule has 3 aliphatic heterocycles. The van der Waals surface area contributed by atoms with Gasteiger partial charge in [-0.1, -0.05) is 0 Å². The second-order valence-electron chi connectivity index (χ2n) is 5.06. The Balaban J connectivity index is 0.00000133. The number of aliphatic hydroxyl groups is 1. The molecule has 4 atom stereocenters. The van der Waals surface area contributed by atoms with Gasteiger partial charge >= 0.3 is 51.4 Å². The first-order valence-electron chi connectivity index (χ1n) is 6.07. The molecule has 0 radical (unpaired) electrons. The summed E-state index contributed by atoms with van der Waals surface area (Å²) in [6.07, 6.45) is -0.0288. The second-order valence-corrected chi connectivity index (χ2v) is 6.21. The van der Waals surface area contributed by atoms with Gasteiger partial charge in [-0.25, -0.2) is 0 Å². The van der Waals surface area contributed by atoms with Gasteiger partial charge in [0, 0.05) is 11.7 Å². The van der Waals surface area contributed by atoms with Crippen LogP contribution in [0.3, 0.4) is 0 Å². The fourth-order valence-electron chi connectivity index (χ4n) is 3.37. The molecule has 2 saturated heterocycles. The molecule has 0 saturated carbocycles. The van der Waals surface area contributed by atoms with Crippen LogP contribution >= 0.6 is 11.8 Å². The number of aliphatic carboxylic acids is 1. The number of hydrogen-bond acceptors (Lipinski definition) is 5. The van der Waals surface area contributed by atoms with Crippen LogP contribution in [0, 0.1) is 11.8 Å². The van der Waals surface area contributed by atoms with Crippen LogP contribution < -0.4 is 56.5 Å².